The van der Waals surface area contributed by atoms with Crippen LogP contribution in [-0.2, 0) is 0 Å². The van der Waals surface area contributed by atoms with E-state index in [1.807, 2.05) is 30.3 Å². The number of hydrogen-bond donors (Lipinski definition) is 0. The minimum absolute atomic E-state index is 0.374. The number of fused-ring (bicyclic) bond motifs is 6. The van der Waals surface area contributed by atoms with E-state index in [4.69, 9.17) is 0 Å². The number of hydrogen-bond acceptors (Lipinski definition) is 2. The van der Waals surface area contributed by atoms with E-state index >= 15 is 0 Å². The first-order chi connectivity index (χ1) is 20.8. The van der Waals surface area contributed by atoms with Crippen molar-refractivity contribution in [3.8, 4) is 34.6 Å². The van der Waals surface area contributed by atoms with Crippen LogP contribution in [0.5, 0.6) is 0 Å². The van der Waals surface area contributed by atoms with E-state index in [2.05, 4.69) is 118 Å². The first-order valence-electron chi connectivity index (χ1n) is 13.8. The van der Waals surface area contributed by atoms with Crippen LogP contribution in [0.1, 0.15) is 11.1 Å². The van der Waals surface area contributed by atoms with Crippen molar-refractivity contribution in [1.82, 2.24) is 9.13 Å². The number of para-hydroxylation sites is 3. The van der Waals surface area contributed by atoms with Gasteiger partial charge in [0.15, 0.2) is 0 Å². The SMILES string of the molecule is N#Cc1cccc(-n2c3ccccc3c3cc(-c4cccc5c4c4ccccc4n5-c4ccccc4)ccc32)c1C#N. The Hall–Kier alpha value is -6.10. The largest absolute Gasteiger partial charge is 0.309 e. The molecule has 0 N–H and O–H groups in total. The topological polar surface area (TPSA) is 57.4 Å². The normalized spacial score (nSPS) is 11.3. The van der Waals surface area contributed by atoms with Gasteiger partial charge in [-0.05, 0) is 65.7 Å². The first-order valence-corrected chi connectivity index (χ1v) is 13.8. The Morgan fingerprint density at radius 3 is 1.93 bits per heavy atom. The lowest BCUT2D eigenvalue weighted by Gasteiger charge is -2.11. The average Bonchev–Trinajstić information content (AvgIpc) is 3.57. The highest BCUT2D eigenvalue weighted by molar-refractivity contribution is 6.17. The van der Waals surface area contributed by atoms with Gasteiger partial charge in [-0.25, -0.2) is 0 Å². The summed E-state index contributed by atoms with van der Waals surface area (Å²) in [6.07, 6.45) is 0. The average molecular weight is 535 g/mol. The maximum absolute atomic E-state index is 10.0. The monoisotopic (exact) mass is 534 g/mol. The second-order valence-corrected chi connectivity index (χ2v) is 10.4. The molecule has 0 atom stereocenters. The molecule has 42 heavy (non-hydrogen) atoms. The van der Waals surface area contributed by atoms with Crippen LogP contribution in [0.4, 0.5) is 0 Å². The molecule has 0 aliphatic carbocycles. The molecule has 0 saturated carbocycles. The number of rotatable bonds is 3. The third kappa shape index (κ3) is 3.33. The molecule has 2 heterocycles. The lowest BCUT2D eigenvalue weighted by Crippen LogP contribution is -1.99. The summed E-state index contributed by atoms with van der Waals surface area (Å²) >= 11 is 0. The number of benzene rings is 6. The summed E-state index contributed by atoms with van der Waals surface area (Å²) in [4.78, 5) is 0. The summed E-state index contributed by atoms with van der Waals surface area (Å²) in [7, 11) is 0. The van der Waals surface area contributed by atoms with E-state index in [1.165, 1.54) is 21.9 Å². The van der Waals surface area contributed by atoms with Gasteiger partial charge in [0.05, 0.1) is 38.9 Å². The van der Waals surface area contributed by atoms with Gasteiger partial charge in [-0.1, -0.05) is 78.9 Å². The van der Waals surface area contributed by atoms with Crippen molar-refractivity contribution >= 4 is 43.6 Å². The number of nitriles is 2. The highest BCUT2D eigenvalue weighted by Gasteiger charge is 2.19. The van der Waals surface area contributed by atoms with Crippen molar-refractivity contribution in [3.05, 3.63) is 145 Å². The summed E-state index contributed by atoms with van der Waals surface area (Å²) in [6, 6.07) is 50.4. The van der Waals surface area contributed by atoms with Crippen LogP contribution in [0.3, 0.4) is 0 Å². The summed E-state index contributed by atoms with van der Waals surface area (Å²) < 4.78 is 4.44. The van der Waals surface area contributed by atoms with Crippen LogP contribution in [0.15, 0.2) is 133 Å². The van der Waals surface area contributed by atoms with Gasteiger partial charge in [-0.3, -0.25) is 0 Å². The Bertz CT molecular complexity index is 2430. The van der Waals surface area contributed by atoms with Crippen LogP contribution in [-0.4, -0.2) is 9.13 Å². The summed E-state index contributed by atoms with van der Waals surface area (Å²) in [6.45, 7) is 0. The quantitative estimate of drug-likeness (QED) is 0.227. The predicted octanol–water partition coefficient (Wildman–Crippen LogP) is 9.29. The van der Waals surface area contributed by atoms with E-state index in [0.717, 1.165) is 38.6 Å². The van der Waals surface area contributed by atoms with Crippen LogP contribution in [0.2, 0.25) is 0 Å². The third-order valence-corrected chi connectivity index (χ3v) is 8.21. The van der Waals surface area contributed by atoms with Crippen LogP contribution >= 0.6 is 0 Å². The molecule has 194 valence electrons. The molecular weight excluding hydrogens is 512 g/mol. The molecule has 8 rings (SSSR count). The standard InChI is InChI=1S/C38H22N4/c39-23-26-10-8-18-35(32(26)24-40)42-33-16-6-4-13-29(33)31-22-25(20-21-36(31)42)28-15-9-19-37-38(28)30-14-5-7-17-34(30)41(37)27-11-2-1-3-12-27/h1-22H. The van der Waals surface area contributed by atoms with E-state index in [1.54, 1.807) is 6.07 Å². The van der Waals surface area contributed by atoms with E-state index in [-0.39, 0.29) is 0 Å². The van der Waals surface area contributed by atoms with Gasteiger partial charge < -0.3 is 9.13 Å². The fourth-order valence-electron chi connectivity index (χ4n) is 6.45. The summed E-state index contributed by atoms with van der Waals surface area (Å²) in [5.41, 5.74) is 9.21. The molecule has 0 bridgehead atoms. The maximum Gasteiger partial charge on any atom is 0.103 e. The number of aromatic nitrogens is 2. The van der Waals surface area contributed by atoms with Crippen LogP contribution in [0, 0.1) is 22.7 Å². The highest BCUT2D eigenvalue weighted by Crippen LogP contribution is 2.41. The third-order valence-electron chi connectivity index (χ3n) is 8.21. The fourth-order valence-corrected chi connectivity index (χ4v) is 6.45. The van der Waals surface area contributed by atoms with Crippen LogP contribution in [0.25, 0.3) is 66.1 Å². The lowest BCUT2D eigenvalue weighted by atomic mass is 9.98. The minimum Gasteiger partial charge on any atom is -0.309 e. The van der Waals surface area contributed by atoms with Gasteiger partial charge in [0, 0.05) is 27.2 Å². The van der Waals surface area contributed by atoms with E-state index in [0.29, 0.717) is 16.8 Å². The molecule has 4 nitrogen and oxygen atoms in total. The highest BCUT2D eigenvalue weighted by atomic mass is 15.0. The van der Waals surface area contributed by atoms with Crippen molar-refractivity contribution in [2.24, 2.45) is 0 Å². The molecule has 2 aromatic heterocycles. The second kappa shape index (κ2) is 9.24. The Balaban J connectivity index is 1.43. The molecule has 0 unspecified atom stereocenters. The summed E-state index contributed by atoms with van der Waals surface area (Å²) in [5.74, 6) is 0. The van der Waals surface area contributed by atoms with Crippen molar-refractivity contribution in [2.75, 3.05) is 0 Å². The molecular formula is C38H22N4. The lowest BCUT2D eigenvalue weighted by molar-refractivity contribution is 1.16. The molecule has 0 amide bonds. The van der Waals surface area contributed by atoms with Crippen molar-refractivity contribution in [1.29, 1.82) is 10.5 Å². The zero-order chi connectivity index (χ0) is 28.2. The van der Waals surface area contributed by atoms with Gasteiger partial charge in [0.25, 0.3) is 0 Å². The van der Waals surface area contributed by atoms with Crippen LogP contribution < -0.4 is 0 Å². The first kappa shape index (κ1) is 23.8. The van der Waals surface area contributed by atoms with Gasteiger partial charge in [-0.2, -0.15) is 10.5 Å². The van der Waals surface area contributed by atoms with E-state index < -0.39 is 0 Å². The zero-order valence-electron chi connectivity index (χ0n) is 22.5. The van der Waals surface area contributed by atoms with Crippen molar-refractivity contribution in [2.45, 2.75) is 0 Å². The molecule has 0 saturated heterocycles. The fraction of sp³-hybridized carbons (Fsp3) is 0. The number of nitrogens with zero attached hydrogens (tertiary/aromatic N) is 4. The second-order valence-electron chi connectivity index (χ2n) is 10.4. The van der Waals surface area contributed by atoms with Crippen molar-refractivity contribution < 1.29 is 0 Å². The Morgan fingerprint density at radius 1 is 0.476 bits per heavy atom. The smallest absolute Gasteiger partial charge is 0.103 e. The van der Waals surface area contributed by atoms with Gasteiger partial charge >= 0.3 is 0 Å². The minimum atomic E-state index is 0.374. The Morgan fingerprint density at radius 2 is 1.14 bits per heavy atom. The molecule has 0 aliphatic heterocycles. The predicted molar refractivity (Wildman–Crippen MR) is 170 cm³/mol. The zero-order valence-corrected chi connectivity index (χ0v) is 22.5. The molecule has 8 aromatic rings. The molecule has 4 heteroatoms. The van der Waals surface area contributed by atoms with Crippen molar-refractivity contribution in [3.63, 3.8) is 0 Å². The molecule has 0 aliphatic rings. The molecule has 0 fully saturated rings. The van der Waals surface area contributed by atoms with E-state index in [9.17, 15) is 10.5 Å². The molecule has 0 radical (unpaired) electrons. The Kier molecular flexibility index (Phi) is 5.22. The molecule has 0 spiro atoms. The maximum atomic E-state index is 10.0. The Labute approximate surface area is 242 Å². The summed E-state index contributed by atoms with van der Waals surface area (Å²) in [5, 5.41) is 24.3. The van der Waals surface area contributed by atoms with Gasteiger partial charge in [0.2, 0.25) is 0 Å². The van der Waals surface area contributed by atoms with Gasteiger partial charge in [0.1, 0.15) is 12.1 Å². The molecule has 6 aromatic carbocycles. The van der Waals surface area contributed by atoms with Gasteiger partial charge in [-0.15, -0.1) is 0 Å².